The third-order valence-electron chi connectivity index (χ3n) is 3.52. The molecule has 118 valence electrons. The monoisotopic (exact) mass is 327 g/mol. The second kappa shape index (κ2) is 7.47. The van der Waals surface area contributed by atoms with Crippen molar-refractivity contribution in [3.63, 3.8) is 0 Å². The summed E-state index contributed by atoms with van der Waals surface area (Å²) in [5.74, 6) is 0.472. The van der Waals surface area contributed by atoms with Crippen LogP contribution in [0.15, 0.2) is 69.4 Å². The predicted molar refractivity (Wildman–Crippen MR) is 93.8 cm³/mol. The van der Waals surface area contributed by atoms with Gasteiger partial charge in [0.1, 0.15) is 5.82 Å². The lowest BCUT2D eigenvalue weighted by Gasteiger charge is -2.18. The molecule has 1 aliphatic rings. The van der Waals surface area contributed by atoms with Crippen molar-refractivity contribution in [3.05, 3.63) is 70.9 Å². The van der Waals surface area contributed by atoms with Crippen LogP contribution in [0.2, 0.25) is 0 Å². The van der Waals surface area contributed by atoms with Gasteiger partial charge in [-0.1, -0.05) is 29.5 Å². The summed E-state index contributed by atoms with van der Waals surface area (Å²) in [6.45, 7) is 2.75. The Balaban J connectivity index is 1.79. The highest BCUT2D eigenvalue weighted by molar-refractivity contribution is 8.02. The van der Waals surface area contributed by atoms with Crippen LogP contribution in [0.1, 0.15) is 18.4 Å². The van der Waals surface area contributed by atoms with Crippen molar-refractivity contribution in [1.82, 2.24) is 0 Å². The molecule has 2 aromatic carbocycles. The number of thioether (sulfide) groups is 1. The van der Waals surface area contributed by atoms with Crippen LogP contribution in [-0.2, 0) is 4.74 Å². The van der Waals surface area contributed by atoms with E-state index in [0.717, 1.165) is 29.0 Å². The highest BCUT2D eigenvalue weighted by atomic mass is 32.2. The van der Waals surface area contributed by atoms with E-state index >= 15 is 0 Å². The number of aliphatic imine (C=N–C) groups is 1. The van der Waals surface area contributed by atoms with E-state index in [2.05, 4.69) is 17.3 Å². The van der Waals surface area contributed by atoms with Gasteiger partial charge < -0.3 is 4.74 Å². The van der Waals surface area contributed by atoms with Crippen LogP contribution in [-0.4, -0.2) is 12.5 Å². The number of nitrogens with zero attached hydrogens (tertiary/aromatic N) is 1. The first kappa shape index (κ1) is 15.8. The fourth-order valence-corrected chi connectivity index (χ4v) is 3.02. The summed E-state index contributed by atoms with van der Waals surface area (Å²) in [4.78, 5) is 5.62. The van der Waals surface area contributed by atoms with Gasteiger partial charge >= 0.3 is 0 Å². The van der Waals surface area contributed by atoms with Crippen LogP contribution >= 0.6 is 11.8 Å². The minimum atomic E-state index is -0.218. The Hall–Kier alpha value is -2.07. The van der Waals surface area contributed by atoms with Gasteiger partial charge in [0.15, 0.2) is 0 Å². The van der Waals surface area contributed by atoms with Crippen molar-refractivity contribution in [2.45, 2.75) is 24.7 Å². The molecule has 0 aliphatic carbocycles. The van der Waals surface area contributed by atoms with Gasteiger partial charge in [0, 0.05) is 10.5 Å². The molecule has 0 N–H and O–H groups in total. The lowest BCUT2D eigenvalue weighted by molar-refractivity contribution is 0.281. The quantitative estimate of drug-likeness (QED) is 0.679. The summed E-state index contributed by atoms with van der Waals surface area (Å²) in [5, 5.41) is 2.05. The summed E-state index contributed by atoms with van der Waals surface area (Å²) in [5.41, 5.74) is 3.19. The molecule has 2 nitrogen and oxygen atoms in total. The second-order valence-electron chi connectivity index (χ2n) is 5.42. The SMILES string of the molecule is Cc1ccc(N=C2OCCCC2=CSc2ccc(F)cc2)cc1. The fraction of sp³-hybridized carbons (Fsp3) is 0.211. The lowest BCUT2D eigenvalue weighted by Crippen LogP contribution is -2.15. The number of hydrogen-bond acceptors (Lipinski definition) is 3. The number of benzene rings is 2. The minimum Gasteiger partial charge on any atom is -0.477 e. The van der Waals surface area contributed by atoms with E-state index in [1.54, 1.807) is 23.9 Å². The van der Waals surface area contributed by atoms with Crippen LogP contribution in [0.3, 0.4) is 0 Å². The van der Waals surface area contributed by atoms with Gasteiger partial charge in [-0.2, -0.15) is 0 Å². The molecule has 1 fully saturated rings. The zero-order chi connectivity index (χ0) is 16.1. The molecule has 0 unspecified atom stereocenters. The highest BCUT2D eigenvalue weighted by Crippen LogP contribution is 2.26. The molecule has 1 saturated heterocycles. The average molecular weight is 327 g/mol. The molecule has 1 aliphatic heterocycles. The first-order valence-electron chi connectivity index (χ1n) is 7.60. The third kappa shape index (κ3) is 4.45. The summed E-state index contributed by atoms with van der Waals surface area (Å²) >= 11 is 1.56. The molecule has 3 rings (SSSR count). The van der Waals surface area contributed by atoms with E-state index in [0.29, 0.717) is 12.5 Å². The highest BCUT2D eigenvalue weighted by Gasteiger charge is 2.15. The van der Waals surface area contributed by atoms with Gasteiger partial charge in [-0.25, -0.2) is 9.38 Å². The van der Waals surface area contributed by atoms with Gasteiger partial charge in [0.2, 0.25) is 5.90 Å². The van der Waals surface area contributed by atoms with Crippen molar-refractivity contribution in [2.24, 2.45) is 4.99 Å². The Morgan fingerprint density at radius 2 is 1.83 bits per heavy atom. The zero-order valence-corrected chi connectivity index (χ0v) is 13.8. The third-order valence-corrected chi connectivity index (χ3v) is 4.47. The zero-order valence-electron chi connectivity index (χ0n) is 13.0. The van der Waals surface area contributed by atoms with Crippen molar-refractivity contribution in [1.29, 1.82) is 0 Å². The Morgan fingerprint density at radius 1 is 1.09 bits per heavy atom. The molecule has 0 radical (unpaired) electrons. The van der Waals surface area contributed by atoms with Crippen molar-refractivity contribution in [3.8, 4) is 0 Å². The van der Waals surface area contributed by atoms with Crippen LogP contribution < -0.4 is 0 Å². The molecule has 4 heteroatoms. The van der Waals surface area contributed by atoms with E-state index in [4.69, 9.17) is 4.74 Å². The molecule has 0 aromatic heterocycles. The van der Waals surface area contributed by atoms with Gasteiger partial charge in [-0.3, -0.25) is 0 Å². The number of rotatable bonds is 3. The average Bonchev–Trinajstić information content (AvgIpc) is 2.58. The van der Waals surface area contributed by atoms with Crippen LogP contribution in [0, 0.1) is 12.7 Å². The Morgan fingerprint density at radius 3 is 2.57 bits per heavy atom. The number of aryl methyl sites for hydroxylation is 1. The standard InChI is InChI=1S/C19H18FNOS/c1-14-4-8-17(9-5-14)21-19-15(3-2-12-22-19)13-23-18-10-6-16(20)7-11-18/h4-11,13H,2-3,12H2,1H3. The van der Waals surface area contributed by atoms with E-state index < -0.39 is 0 Å². The topological polar surface area (TPSA) is 21.6 Å². The molecular formula is C19H18FNOS. The summed E-state index contributed by atoms with van der Waals surface area (Å²) in [7, 11) is 0. The Kier molecular flexibility index (Phi) is 5.13. The van der Waals surface area contributed by atoms with Crippen molar-refractivity contribution >= 4 is 23.3 Å². The maximum absolute atomic E-state index is 13.0. The molecular weight excluding hydrogens is 309 g/mol. The van der Waals surface area contributed by atoms with Crippen molar-refractivity contribution < 1.29 is 9.13 Å². The molecule has 0 atom stereocenters. The molecule has 1 heterocycles. The molecule has 0 spiro atoms. The van der Waals surface area contributed by atoms with Crippen LogP contribution in [0.4, 0.5) is 10.1 Å². The van der Waals surface area contributed by atoms with E-state index in [1.807, 2.05) is 24.3 Å². The first-order valence-corrected chi connectivity index (χ1v) is 8.48. The smallest absolute Gasteiger partial charge is 0.217 e. The molecule has 0 saturated carbocycles. The maximum Gasteiger partial charge on any atom is 0.217 e. The van der Waals surface area contributed by atoms with Crippen LogP contribution in [0.25, 0.3) is 0 Å². The maximum atomic E-state index is 13.0. The molecule has 0 amide bonds. The summed E-state index contributed by atoms with van der Waals surface area (Å²) in [6.07, 6.45) is 1.93. The minimum absolute atomic E-state index is 0.218. The molecule has 0 bridgehead atoms. The number of halogens is 1. The van der Waals surface area contributed by atoms with Gasteiger partial charge in [-0.05, 0) is 61.6 Å². The molecule has 23 heavy (non-hydrogen) atoms. The Bertz CT molecular complexity index is 720. The first-order chi connectivity index (χ1) is 11.2. The number of ether oxygens (including phenoxy) is 1. The normalized spacial score (nSPS) is 18.2. The van der Waals surface area contributed by atoms with Gasteiger partial charge in [0.25, 0.3) is 0 Å². The van der Waals surface area contributed by atoms with E-state index in [1.165, 1.54) is 17.7 Å². The van der Waals surface area contributed by atoms with E-state index in [9.17, 15) is 4.39 Å². The van der Waals surface area contributed by atoms with Gasteiger partial charge in [0.05, 0.1) is 12.3 Å². The fourth-order valence-electron chi connectivity index (χ4n) is 2.23. The van der Waals surface area contributed by atoms with Crippen LogP contribution in [0.5, 0.6) is 0 Å². The Labute approximate surface area is 140 Å². The second-order valence-corrected chi connectivity index (χ2v) is 6.36. The summed E-state index contributed by atoms with van der Waals surface area (Å²) in [6, 6.07) is 14.6. The van der Waals surface area contributed by atoms with Gasteiger partial charge in [-0.15, -0.1) is 0 Å². The van der Waals surface area contributed by atoms with E-state index in [-0.39, 0.29) is 5.82 Å². The largest absolute Gasteiger partial charge is 0.477 e. The number of hydrogen-bond donors (Lipinski definition) is 0. The van der Waals surface area contributed by atoms with Crippen molar-refractivity contribution in [2.75, 3.05) is 6.61 Å². The summed E-state index contributed by atoms with van der Waals surface area (Å²) < 4.78 is 18.7. The molecule has 2 aromatic rings. The lowest BCUT2D eigenvalue weighted by atomic mass is 10.1. The predicted octanol–water partition coefficient (Wildman–Crippen LogP) is 5.65.